The first-order valence-corrected chi connectivity index (χ1v) is 10.4. The molecule has 1 aromatic heterocycles. The van der Waals surface area contributed by atoms with Crippen LogP contribution in [-0.2, 0) is 6.54 Å². The number of halogens is 1. The summed E-state index contributed by atoms with van der Waals surface area (Å²) in [5.41, 5.74) is 0.722. The number of hydrogen-bond donors (Lipinski definition) is 3. The Bertz CT molecular complexity index is 777. The molecule has 7 nitrogen and oxygen atoms in total. The molecule has 1 atom stereocenters. The van der Waals surface area contributed by atoms with Gasteiger partial charge < -0.3 is 24.9 Å². The molecule has 1 aliphatic rings. The van der Waals surface area contributed by atoms with Crippen LogP contribution in [0.2, 0.25) is 0 Å². The average Bonchev–Trinajstić information content (AvgIpc) is 3.28. The van der Waals surface area contributed by atoms with Gasteiger partial charge in [-0.25, -0.2) is 4.99 Å². The lowest BCUT2D eigenvalue weighted by Gasteiger charge is -2.33. The second-order valence-electron chi connectivity index (χ2n) is 7.17. The van der Waals surface area contributed by atoms with Crippen LogP contribution in [0.15, 0.2) is 46.0 Å². The van der Waals surface area contributed by atoms with Gasteiger partial charge in [-0.2, -0.15) is 0 Å². The van der Waals surface area contributed by atoms with Crippen molar-refractivity contribution in [2.45, 2.75) is 38.8 Å². The SMILES string of the molecule is CCNC(=NCc1cccc(OC)c1O)NCC(c1ccco1)N1CCCCC1.I. The largest absolute Gasteiger partial charge is 0.504 e. The number of phenols is 1. The smallest absolute Gasteiger partial charge is 0.191 e. The Balaban J connectivity index is 0.00000320. The number of furan rings is 1. The molecule has 1 saturated heterocycles. The van der Waals surface area contributed by atoms with Crippen molar-refractivity contribution in [1.29, 1.82) is 0 Å². The number of guanidine groups is 1. The molecule has 3 rings (SSSR count). The van der Waals surface area contributed by atoms with Crippen molar-refractivity contribution in [2.24, 2.45) is 4.99 Å². The number of aromatic hydroxyl groups is 1. The Hall–Kier alpha value is -1.94. The highest BCUT2D eigenvalue weighted by atomic mass is 127. The zero-order chi connectivity index (χ0) is 20.5. The van der Waals surface area contributed by atoms with Crippen LogP contribution >= 0.6 is 24.0 Å². The molecule has 0 radical (unpaired) electrons. The van der Waals surface area contributed by atoms with Gasteiger partial charge in [-0.15, -0.1) is 24.0 Å². The normalized spacial score (nSPS) is 15.9. The summed E-state index contributed by atoms with van der Waals surface area (Å²) in [4.78, 5) is 7.13. The molecule has 0 bridgehead atoms. The Kier molecular flexibility index (Phi) is 10.3. The highest BCUT2D eigenvalue weighted by Crippen LogP contribution is 2.29. The Labute approximate surface area is 195 Å². The fourth-order valence-electron chi connectivity index (χ4n) is 3.68. The van der Waals surface area contributed by atoms with Crippen molar-refractivity contribution in [3.8, 4) is 11.5 Å². The molecule has 30 heavy (non-hydrogen) atoms. The van der Waals surface area contributed by atoms with E-state index < -0.39 is 0 Å². The third kappa shape index (κ3) is 6.53. The van der Waals surface area contributed by atoms with Gasteiger partial charge in [0, 0.05) is 18.7 Å². The number of para-hydroxylation sites is 1. The summed E-state index contributed by atoms with van der Waals surface area (Å²) in [5, 5.41) is 17.0. The Morgan fingerprint density at radius 1 is 1.20 bits per heavy atom. The van der Waals surface area contributed by atoms with E-state index in [1.807, 2.05) is 31.2 Å². The number of nitrogens with one attached hydrogen (secondary N) is 2. The maximum Gasteiger partial charge on any atom is 0.191 e. The second kappa shape index (κ2) is 12.7. The molecule has 1 fully saturated rings. The summed E-state index contributed by atoms with van der Waals surface area (Å²) in [5.74, 6) is 2.28. The molecule has 3 N–H and O–H groups in total. The summed E-state index contributed by atoms with van der Waals surface area (Å²) in [6.45, 7) is 6.01. The van der Waals surface area contributed by atoms with Crippen LogP contribution in [-0.4, -0.2) is 49.3 Å². The van der Waals surface area contributed by atoms with Gasteiger partial charge in [-0.1, -0.05) is 18.6 Å². The van der Waals surface area contributed by atoms with E-state index in [9.17, 15) is 5.11 Å². The monoisotopic (exact) mass is 528 g/mol. The average molecular weight is 528 g/mol. The molecule has 8 heteroatoms. The molecule has 1 aromatic carbocycles. The standard InChI is InChI=1S/C22H32N4O3.HI/c1-3-23-22(24-15-17-9-7-10-20(28-2)21(17)27)25-16-18(19-11-8-14-29-19)26-12-5-4-6-13-26;/h7-11,14,18,27H,3-6,12-13,15-16H2,1-2H3,(H2,23,24,25);1H. The predicted octanol–water partition coefficient (Wildman–Crippen LogP) is 3.89. The van der Waals surface area contributed by atoms with Crippen LogP contribution in [0, 0.1) is 0 Å². The van der Waals surface area contributed by atoms with Crippen molar-refractivity contribution >= 4 is 29.9 Å². The van der Waals surface area contributed by atoms with Gasteiger partial charge in [0.2, 0.25) is 0 Å². The lowest BCUT2D eigenvalue weighted by atomic mass is 10.1. The van der Waals surface area contributed by atoms with E-state index in [0.29, 0.717) is 24.8 Å². The number of likely N-dealkylation sites (tertiary alicyclic amines) is 1. The first-order valence-electron chi connectivity index (χ1n) is 10.4. The van der Waals surface area contributed by atoms with E-state index in [-0.39, 0.29) is 35.8 Å². The minimum Gasteiger partial charge on any atom is -0.504 e. The van der Waals surface area contributed by atoms with Crippen molar-refractivity contribution in [1.82, 2.24) is 15.5 Å². The molecular weight excluding hydrogens is 495 g/mol. The summed E-state index contributed by atoms with van der Waals surface area (Å²) >= 11 is 0. The quantitative estimate of drug-likeness (QED) is 0.274. The molecule has 2 aromatic rings. The van der Waals surface area contributed by atoms with Gasteiger partial charge in [-0.3, -0.25) is 4.90 Å². The van der Waals surface area contributed by atoms with Gasteiger partial charge in [0.1, 0.15) is 5.76 Å². The lowest BCUT2D eigenvalue weighted by Crippen LogP contribution is -2.44. The first-order chi connectivity index (χ1) is 14.2. The molecular formula is C22H33IN4O3. The second-order valence-corrected chi connectivity index (χ2v) is 7.17. The minimum absolute atomic E-state index is 0. The number of rotatable bonds is 8. The fourth-order valence-corrected chi connectivity index (χ4v) is 3.68. The van der Waals surface area contributed by atoms with Gasteiger partial charge >= 0.3 is 0 Å². The fraction of sp³-hybridized carbons (Fsp3) is 0.500. The molecule has 2 heterocycles. The van der Waals surface area contributed by atoms with E-state index in [1.165, 1.54) is 19.3 Å². The maximum atomic E-state index is 10.3. The Morgan fingerprint density at radius 2 is 2.00 bits per heavy atom. The van der Waals surface area contributed by atoms with Crippen molar-refractivity contribution < 1.29 is 14.3 Å². The van der Waals surface area contributed by atoms with Crippen molar-refractivity contribution in [3.05, 3.63) is 47.9 Å². The molecule has 0 spiro atoms. The third-order valence-corrected chi connectivity index (χ3v) is 5.22. The summed E-state index contributed by atoms with van der Waals surface area (Å²) in [6, 6.07) is 9.59. The zero-order valence-electron chi connectivity index (χ0n) is 17.8. The number of ether oxygens (including phenoxy) is 1. The number of aliphatic imine (C=N–C) groups is 1. The molecule has 0 aliphatic carbocycles. The number of phenolic OH excluding ortho intramolecular Hbond substituents is 1. The van der Waals surface area contributed by atoms with E-state index in [0.717, 1.165) is 31.0 Å². The molecule has 1 aliphatic heterocycles. The van der Waals surface area contributed by atoms with Crippen molar-refractivity contribution in [3.63, 3.8) is 0 Å². The van der Waals surface area contributed by atoms with Crippen molar-refractivity contribution in [2.75, 3.05) is 33.3 Å². The molecule has 1 unspecified atom stereocenters. The number of nitrogens with zero attached hydrogens (tertiary/aromatic N) is 2. The minimum atomic E-state index is 0. The van der Waals surface area contributed by atoms with Gasteiger partial charge in [0.25, 0.3) is 0 Å². The van der Waals surface area contributed by atoms with Crippen LogP contribution in [0.1, 0.15) is 43.6 Å². The van der Waals surface area contributed by atoms with E-state index in [2.05, 4.69) is 20.5 Å². The van der Waals surface area contributed by atoms with E-state index in [1.54, 1.807) is 19.4 Å². The van der Waals surface area contributed by atoms with Crippen LogP contribution in [0.5, 0.6) is 11.5 Å². The maximum absolute atomic E-state index is 10.3. The van der Waals surface area contributed by atoms with Crippen LogP contribution in [0.4, 0.5) is 0 Å². The number of methoxy groups -OCH3 is 1. The highest BCUT2D eigenvalue weighted by Gasteiger charge is 2.24. The summed E-state index contributed by atoms with van der Waals surface area (Å²) < 4.78 is 10.9. The molecule has 166 valence electrons. The highest BCUT2D eigenvalue weighted by molar-refractivity contribution is 14.0. The third-order valence-electron chi connectivity index (χ3n) is 5.22. The summed E-state index contributed by atoms with van der Waals surface area (Å²) in [6.07, 6.45) is 5.47. The predicted molar refractivity (Wildman–Crippen MR) is 130 cm³/mol. The van der Waals surface area contributed by atoms with Crippen LogP contribution in [0.3, 0.4) is 0 Å². The van der Waals surface area contributed by atoms with Gasteiger partial charge in [0.05, 0.1) is 26.0 Å². The molecule has 0 saturated carbocycles. The number of piperidine rings is 1. The Morgan fingerprint density at radius 3 is 2.67 bits per heavy atom. The summed E-state index contributed by atoms with van der Waals surface area (Å²) in [7, 11) is 1.54. The first kappa shape index (κ1) is 24.3. The van der Waals surface area contributed by atoms with Gasteiger partial charge in [0.15, 0.2) is 17.5 Å². The van der Waals surface area contributed by atoms with Crippen LogP contribution in [0.25, 0.3) is 0 Å². The number of hydrogen-bond acceptors (Lipinski definition) is 5. The molecule has 0 amide bonds. The van der Waals surface area contributed by atoms with E-state index >= 15 is 0 Å². The van der Waals surface area contributed by atoms with Gasteiger partial charge in [-0.05, 0) is 51.1 Å². The van der Waals surface area contributed by atoms with E-state index in [4.69, 9.17) is 9.15 Å². The zero-order valence-corrected chi connectivity index (χ0v) is 20.1. The lowest BCUT2D eigenvalue weighted by molar-refractivity contribution is 0.146. The van der Waals surface area contributed by atoms with Crippen LogP contribution < -0.4 is 15.4 Å². The number of benzene rings is 1. The topological polar surface area (TPSA) is 82.3 Å².